The molecule has 1 saturated heterocycles. The smallest absolute Gasteiger partial charge is 0.278 e. The zero-order valence-corrected chi connectivity index (χ0v) is 16.1. The van der Waals surface area contributed by atoms with E-state index in [1.165, 1.54) is 5.56 Å². The zero-order valence-electron chi connectivity index (χ0n) is 16.1. The van der Waals surface area contributed by atoms with E-state index in [2.05, 4.69) is 30.8 Å². The van der Waals surface area contributed by atoms with E-state index in [1.807, 2.05) is 42.6 Å². The Morgan fingerprint density at radius 2 is 1.52 bits per heavy atom. The molecule has 5 rings (SSSR count). The molecule has 2 aliphatic heterocycles. The van der Waals surface area contributed by atoms with Crippen molar-refractivity contribution in [3.63, 3.8) is 0 Å². The quantitative estimate of drug-likeness (QED) is 0.689. The number of piperazine rings is 1. The summed E-state index contributed by atoms with van der Waals surface area (Å²) in [5.41, 5.74) is 2.57. The third-order valence-electron chi connectivity index (χ3n) is 5.57. The molecule has 0 radical (unpaired) electrons. The van der Waals surface area contributed by atoms with Crippen molar-refractivity contribution in [2.24, 2.45) is 0 Å². The van der Waals surface area contributed by atoms with Crippen LogP contribution in [0.2, 0.25) is 0 Å². The minimum Gasteiger partial charge on any atom is -0.353 e. The first-order valence-corrected chi connectivity index (χ1v) is 9.92. The Hall–Kier alpha value is -3.48. The molecule has 0 N–H and O–H groups in total. The number of carbonyl (C=O) groups is 1. The van der Waals surface area contributed by atoms with Crippen molar-refractivity contribution in [3.8, 4) is 0 Å². The Morgan fingerprint density at radius 1 is 0.759 bits per heavy atom. The summed E-state index contributed by atoms with van der Waals surface area (Å²) in [4.78, 5) is 32.5. The minimum absolute atomic E-state index is 0.0889. The van der Waals surface area contributed by atoms with Crippen LogP contribution in [0.25, 0.3) is 0 Å². The van der Waals surface area contributed by atoms with Gasteiger partial charge in [0.05, 0.1) is 12.4 Å². The van der Waals surface area contributed by atoms with Gasteiger partial charge in [0.2, 0.25) is 0 Å². The number of rotatable bonds is 3. The molecule has 3 aromatic rings. The standard InChI is InChI=1S/C22H22N6O/c29-22(28-10-8-17-5-1-2-6-19(17)28)18-15-25-21(16-24-18)27-13-11-26(12-14-27)20-7-3-4-9-23-20/h1-7,9,15-16H,8,10-14H2. The predicted octanol–water partition coefficient (Wildman–Crippen LogP) is 2.40. The van der Waals surface area contributed by atoms with Gasteiger partial charge in [-0.2, -0.15) is 0 Å². The van der Waals surface area contributed by atoms with Crippen LogP contribution in [0.4, 0.5) is 17.3 Å². The van der Waals surface area contributed by atoms with E-state index in [0.29, 0.717) is 12.2 Å². The van der Waals surface area contributed by atoms with Crippen molar-refractivity contribution >= 4 is 23.2 Å². The molecule has 2 aliphatic rings. The highest BCUT2D eigenvalue weighted by atomic mass is 16.2. The van der Waals surface area contributed by atoms with Gasteiger partial charge in [-0.15, -0.1) is 0 Å². The normalized spacial score (nSPS) is 16.1. The summed E-state index contributed by atoms with van der Waals surface area (Å²) in [5, 5.41) is 0. The maximum atomic E-state index is 12.9. The summed E-state index contributed by atoms with van der Waals surface area (Å²) in [7, 11) is 0. The molecule has 0 saturated carbocycles. The number of aromatic nitrogens is 3. The van der Waals surface area contributed by atoms with Crippen molar-refractivity contribution in [3.05, 3.63) is 72.3 Å². The van der Waals surface area contributed by atoms with Crippen molar-refractivity contribution in [1.29, 1.82) is 0 Å². The Labute approximate surface area is 169 Å². The first kappa shape index (κ1) is 17.6. The number of anilines is 3. The van der Waals surface area contributed by atoms with Gasteiger partial charge >= 0.3 is 0 Å². The summed E-state index contributed by atoms with van der Waals surface area (Å²) in [6.45, 7) is 4.14. The molecule has 4 heterocycles. The van der Waals surface area contributed by atoms with Crippen LogP contribution < -0.4 is 14.7 Å². The van der Waals surface area contributed by atoms with Gasteiger partial charge in [0, 0.05) is 44.6 Å². The fourth-order valence-electron chi connectivity index (χ4n) is 3.99. The second-order valence-electron chi connectivity index (χ2n) is 7.26. The number of benzene rings is 1. The topological polar surface area (TPSA) is 65.5 Å². The van der Waals surface area contributed by atoms with Crippen LogP contribution in [-0.4, -0.2) is 53.6 Å². The van der Waals surface area contributed by atoms with Gasteiger partial charge in [0.25, 0.3) is 5.91 Å². The number of amides is 1. The summed E-state index contributed by atoms with van der Waals surface area (Å²) in [5.74, 6) is 1.73. The second kappa shape index (κ2) is 7.50. The molecule has 1 amide bonds. The second-order valence-corrected chi connectivity index (χ2v) is 7.26. The zero-order chi connectivity index (χ0) is 19.6. The first-order chi connectivity index (χ1) is 14.3. The van der Waals surface area contributed by atoms with Crippen LogP contribution in [0, 0.1) is 0 Å². The third kappa shape index (κ3) is 3.40. The van der Waals surface area contributed by atoms with Gasteiger partial charge in [0.15, 0.2) is 0 Å². The SMILES string of the molecule is O=C(c1cnc(N2CCN(c3ccccn3)CC2)cn1)N1CCc2ccccc21. The summed E-state index contributed by atoms with van der Waals surface area (Å²) in [6, 6.07) is 14.0. The molecule has 0 aliphatic carbocycles. The molecule has 0 atom stereocenters. The lowest BCUT2D eigenvalue weighted by atomic mass is 10.2. The molecule has 1 fully saturated rings. The Morgan fingerprint density at radius 3 is 2.24 bits per heavy atom. The van der Waals surface area contributed by atoms with Crippen LogP contribution in [0.3, 0.4) is 0 Å². The summed E-state index contributed by atoms with van der Waals surface area (Å²) in [6.07, 6.45) is 6.02. The number of hydrogen-bond acceptors (Lipinski definition) is 6. The third-order valence-corrected chi connectivity index (χ3v) is 5.57. The first-order valence-electron chi connectivity index (χ1n) is 9.92. The molecule has 7 heteroatoms. The molecule has 1 aromatic carbocycles. The molecular formula is C22H22N6O. The number of hydrogen-bond donors (Lipinski definition) is 0. The Bertz CT molecular complexity index is 999. The van der Waals surface area contributed by atoms with E-state index in [9.17, 15) is 4.79 Å². The molecule has 0 spiro atoms. The van der Waals surface area contributed by atoms with E-state index in [-0.39, 0.29) is 5.91 Å². The van der Waals surface area contributed by atoms with E-state index < -0.39 is 0 Å². The van der Waals surface area contributed by atoms with Crippen LogP contribution >= 0.6 is 0 Å². The number of pyridine rings is 1. The van der Waals surface area contributed by atoms with E-state index >= 15 is 0 Å². The fourth-order valence-corrected chi connectivity index (χ4v) is 3.99. The highest BCUT2D eigenvalue weighted by Crippen LogP contribution is 2.28. The van der Waals surface area contributed by atoms with Crippen LogP contribution in [0.1, 0.15) is 16.1 Å². The maximum Gasteiger partial charge on any atom is 0.278 e. The average Bonchev–Trinajstić information content (AvgIpc) is 3.24. The molecule has 7 nitrogen and oxygen atoms in total. The molecule has 0 unspecified atom stereocenters. The van der Waals surface area contributed by atoms with Gasteiger partial charge < -0.3 is 14.7 Å². The van der Waals surface area contributed by atoms with Crippen molar-refractivity contribution < 1.29 is 4.79 Å². The highest BCUT2D eigenvalue weighted by molar-refractivity contribution is 6.05. The van der Waals surface area contributed by atoms with Crippen LogP contribution in [0.15, 0.2) is 61.1 Å². The number of fused-ring (bicyclic) bond motifs is 1. The lowest BCUT2D eigenvalue weighted by molar-refractivity contribution is 0.0984. The highest BCUT2D eigenvalue weighted by Gasteiger charge is 2.26. The summed E-state index contributed by atoms with van der Waals surface area (Å²) < 4.78 is 0. The molecular weight excluding hydrogens is 364 g/mol. The van der Waals surface area contributed by atoms with E-state index in [4.69, 9.17) is 0 Å². The van der Waals surface area contributed by atoms with Crippen LogP contribution in [-0.2, 0) is 6.42 Å². The minimum atomic E-state index is -0.0889. The largest absolute Gasteiger partial charge is 0.353 e. The lowest BCUT2D eigenvalue weighted by Crippen LogP contribution is -2.47. The van der Waals surface area contributed by atoms with Gasteiger partial charge in [0.1, 0.15) is 17.3 Å². The monoisotopic (exact) mass is 386 g/mol. The number of para-hydroxylation sites is 1. The van der Waals surface area contributed by atoms with Crippen LogP contribution in [0.5, 0.6) is 0 Å². The molecule has 0 bridgehead atoms. The Kier molecular flexibility index (Phi) is 4.56. The van der Waals surface area contributed by atoms with E-state index in [0.717, 1.165) is 49.9 Å². The van der Waals surface area contributed by atoms with Gasteiger partial charge in [-0.05, 0) is 30.2 Å². The Balaban J connectivity index is 1.25. The van der Waals surface area contributed by atoms with Crippen molar-refractivity contribution in [1.82, 2.24) is 15.0 Å². The van der Waals surface area contributed by atoms with Gasteiger partial charge in [-0.25, -0.2) is 15.0 Å². The van der Waals surface area contributed by atoms with Gasteiger partial charge in [-0.3, -0.25) is 4.79 Å². The van der Waals surface area contributed by atoms with Crippen molar-refractivity contribution in [2.45, 2.75) is 6.42 Å². The fraction of sp³-hybridized carbons (Fsp3) is 0.273. The number of carbonyl (C=O) groups excluding carboxylic acids is 1. The molecule has 146 valence electrons. The van der Waals surface area contributed by atoms with Gasteiger partial charge in [-0.1, -0.05) is 24.3 Å². The predicted molar refractivity (Wildman–Crippen MR) is 113 cm³/mol. The molecule has 29 heavy (non-hydrogen) atoms. The number of nitrogens with zero attached hydrogens (tertiary/aromatic N) is 6. The van der Waals surface area contributed by atoms with Crippen molar-refractivity contribution in [2.75, 3.05) is 47.4 Å². The van der Waals surface area contributed by atoms with E-state index in [1.54, 1.807) is 17.3 Å². The summed E-state index contributed by atoms with van der Waals surface area (Å²) >= 11 is 0. The lowest BCUT2D eigenvalue weighted by Gasteiger charge is -2.35. The average molecular weight is 386 g/mol. The molecule has 2 aromatic heterocycles. The maximum absolute atomic E-state index is 12.9.